The smallest absolute Gasteiger partial charge is 0.126 e. The Balaban J connectivity index is 1.41. The molecule has 0 bridgehead atoms. The monoisotopic (exact) mass is 435 g/mol. The number of fused-ring (bicyclic) bond motifs is 1. The topological polar surface area (TPSA) is 52.9 Å². The number of benzene rings is 2. The van der Waals surface area contributed by atoms with Crippen LogP contribution in [-0.2, 0) is 0 Å². The fourth-order valence-corrected chi connectivity index (χ4v) is 4.72. The Morgan fingerprint density at radius 3 is 2.48 bits per heavy atom. The van der Waals surface area contributed by atoms with Crippen LogP contribution in [0.15, 0.2) is 30.3 Å². The molecule has 6 heteroatoms. The summed E-state index contributed by atoms with van der Waals surface area (Å²) in [5.41, 5.74) is 3.68. The largest absolute Gasteiger partial charge is 0.487 e. The van der Waals surface area contributed by atoms with Gasteiger partial charge in [-0.05, 0) is 67.6 Å². The van der Waals surface area contributed by atoms with E-state index in [0.717, 1.165) is 42.8 Å². The van der Waals surface area contributed by atoms with Gasteiger partial charge in [-0.1, -0.05) is 29.3 Å². The molecule has 2 aliphatic heterocycles. The summed E-state index contributed by atoms with van der Waals surface area (Å²) in [6, 6.07) is 9.35. The Morgan fingerprint density at radius 1 is 1.10 bits per heavy atom. The highest BCUT2D eigenvalue weighted by atomic mass is 35.5. The minimum atomic E-state index is -0.622. The number of halogens is 2. The number of aryl methyl sites for hydroxylation is 2. The zero-order valence-electron chi connectivity index (χ0n) is 16.8. The lowest BCUT2D eigenvalue weighted by Gasteiger charge is -2.46. The van der Waals surface area contributed by atoms with Gasteiger partial charge in [-0.15, -0.1) is 0 Å². The molecule has 0 amide bonds. The van der Waals surface area contributed by atoms with E-state index < -0.39 is 12.2 Å². The molecule has 2 aromatic carbocycles. The number of hydrogen-bond acceptors (Lipinski definition) is 4. The third-order valence-electron chi connectivity index (χ3n) is 6.40. The van der Waals surface area contributed by atoms with E-state index in [1.165, 1.54) is 11.1 Å². The third-order valence-corrected chi connectivity index (χ3v) is 7.14. The Labute approximate surface area is 182 Å². The molecule has 156 valence electrons. The van der Waals surface area contributed by atoms with Gasteiger partial charge in [0.05, 0.1) is 22.3 Å². The molecule has 4 nitrogen and oxygen atoms in total. The summed E-state index contributed by atoms with van der Waals surface area (Å²) < 4.78 is 6.45. The van der Waals surface area contributed by atoms with Crippen LogP contribution in [0.3, 0.4) is 0 Å². The zero-order chi connectivity index (χ0) is 20.8. The molecule has 2 aromatic rings. The minimum Gasteiger partial charge on any atom is -0.487 e. The number of aliphatic hydroxyl groups excluding tert-OH is 2. The average Bonchev–Trinajstić information content (AvgIpc) is 2.68. The van der Waals surface area contributed by atoms with Gasteiger partial charge in [-0.25, -0.2) is 0 Å². The van der Waals surface area contributed by atoms with Gasteiger partial charge in [-0.2, -0.15) is 0 Å². The first-order valence-electron chi connectivity index (χ1n) is 10.1. The van der Waals surface area contributed by atoms with E-state index in [1.54, 1.807) is 12.1 Å². The number of ether oxygens (including phenoxy) is 1. The second-order valence-electron chi connectivity index (χ2n) is 8.47. The summed E-state index contributed by atoms with van der Waals surface area (Å²) >= 11 is 12.0. The maximum absolute atomic E-state index is 10.7. The second kappa shape index (κ2) is 8.09. The van der Waals surface area contributed by atoms with Crippen molar-refractivity contribution in [1.29, 1.82) is 0 Å². The van der Waals surface area contributed by atoms with Crippen LogP contribution in [0.5, 0.6) is 5.75 Å². The Morgan fingerprint density at radius 2 is 1.79 bits per heavy atom. The van der Waals surface area contributed by atoms with Gasteiger partial charge in [0.1, 0.15) is 11.4 Å². The van der Waals surface area contributed by atoms with Crippen LogP contribution in [0, 0.1) is 13.8 Å². The summed E-state index contributed by atoms with van der Waals surface area (Å²) in [6.45, 7) is 6.28. The lowest BCUT2D eigenvalue weighted by Crippen LogP contribution is -2.51. The van der Waals surface area contributed by atoms with Gasteiger partial charge in [0.15, 0.2) is 0 Å². The number of β-amino-alcohol motifs (C(OH)–C–C–N with tert-alkyl or cyclic N) is 1. The number of rotatable bonds is 3. The highest BCUT2D eigenvalue weighted by Crippen LogP contribution is 2.45. The van der Waals surface area contributed by atoms with Crippen molar-refractivity contribution in [2.75, 3.05) is 19.6 Å². The van der Waals surface area contributed by atoms with E-state index >= 15 is 0 Å². The van der Waals surface area contributed by atoms with Crippen molar-refractivity contribution in [3.63, 3.8) is 0 Å². The highest BCUT2D eigenvalue weighted by molar-refractivity contribution is 6.42. The average molecular weight is 436 g/mol. The first-order valence-corrected chi connectivity index (χ1v) is 10.9. The molecule has 2 heterocycles. The van der Waals surface area contributed by atoms with Gasteiger partial charge in [0, 0.05) is 31.6 Å². The van der Waals surface area contributed by atoms with Crippen LogP contribution in [-0.4, -0.2) is 40.3 Å². The van der Waals surface area contributed by atoms with Gasteiger partial charge in [0.25, 0.3) is 0 Å². The maximum Gasteiger partial charge on any atom is 0.126 e. The molecule has 1 spiro atoms. The van der Waals surface area contributed by atoms with Crippen LogP contribution in [0.4, 0.5) is 0 Å². The predicted octanol–water partition coefficient (Wildman–Crippen LogP) is 4.99. The number of nitrogens with zero attached hydrogens (tertiary/aromatic N) is 1. The summed E-state index contributed by atoms with van der Waals surface area (Å²) in [5.74, 6) is 0.816. The molecule has 2 atom stereocenters. The van der Waals surface area contributed by atoms with Gasteiger partial charge in [-0.3, -0.25) is 0 Å². The van der Waals surface area contributed by atoms with Crippen LogP contribution in [0.2, 0.25) is 10.0 Å². The molecule has 1 fully saturated rings. The van der Waals surface area contributed by atoms with Crippen molar-refractivity contribution in [3.8, 4) is 5.75 Å². The second-order valence-corrected chi connectivity index (χ2v) is 9.28. The van der Waals surface area contributed by atoms with E-state index in [9.17, 15) is 10.2 Å². The van der Waals surface area contributed by atoms with Crippen molar-refractivity contribution in [3.05, 3.63) is 62.6 Å². The van der Waals surface area contributed by atoms with Crippen molar-refractivity contribution in [2.24, 2.45) is 0 Å². The van der Waals surface area contributed by atoms with Crippen molar-refractivity contribution >= 4 is 23.2 Å². The van der Waals surface area contributed by atoms with Crippen LogP contribution < -0.4 is 4.74 Å². The molecule has 29 heavy (non-hydrogen) atoms. The van der Waals surface area contributed by atoms with Crippen LogP contribution >= 0.6 is 23.2 Å². The van der Waals surface area contributed by atoms with Crippen LogP contribution in [0.1, 0.15) is 53.7 Å². The molecule has 0 radical (unpaired) electrons. The van der Waals surface area contributed by atoms with E-state index in [2.05, 4.69) is 24.8 Å². The lowest BCUT2D eigenvalue weighted by molar-refractivity contribution is -0.0588. The molecule has 2 aliphatic rings. The zero-order valence-corrected chi connectivity index (χ0v) is 18.3. The standard InChI is InChI=1S/C23H27Cl2NO3/c1-14-9-17-20(27)12-23(29-22(17)10-15(14)2)5-7-26(8-6-23)13-21(28)16-3-4-18(24)19(25)11-16/h3-4,9-11,20-21,27-28H,5-8,12-13H2,1-2H3/t20-,21-/m1/s1. The maximum atomic E-state index is 10.7. The molecule has 1 saturated heterocycles. The molecule has 2 N–H and O–H groups in total. The number of piperidine rings is 1. The molecule has 0 aromatic heterocycles. The van der Waals surface area contributed by atoms with Gasteiger partial charge < -0.3 is 19.8 Å². The van der Waals surface area contributed by atoms with Gasteiger partial charge in [0.2, 0.25) is 0 Å². The quantitative estimate of drug-likeness (QED) is 0.712. The molecule has 0 aliphatic carbocycles. The Bertz CT molecular complexity index is 909. The molecular weight excluding hydrogens is 409 g/mol. The predicted molar refractivity (Wildman–Crippen MR) is 116 cm³/mol. The summed E-state index contributed by atoms with van der Waals surface area (Å²) in [7, 11) is 0. The SMILES string of the molecule is Cc1cc2c(cc1C)[C@H](O)CC1(CCN(C[C@@H](O)c3ccc(Cl)c(Cl)c3)CC1)O2. The lowest BCUT2D eigenvalue weighted by atomic mass is 9.81. The fourth-order valence-electron chi connectivity index (χ4n) is 4.42. The number of hydrogen-bond donors (Lipinski definition) is 2. The highest BCUT2D eigenvalue weighted by Gasteiger charge is 2.43. The number of aliphatic hydroxyl groups is 2. The first-order chi connectivity index (χ1) is 13.8. The first kappa shape index (κ1) is 21.0. The third kappa shape index (κ3) is 4.28. The minimum absolute atomic E-state index is 0.334. The van der Waals surface area contributed by atoms with Crippen molar-refractivity contribution in [2.45, 2.75) is 50.9 Å². The summed E-state index contributed by atoms with van der Waals surface area (Å²) in [6.07, 6.45) is 1.15. The fraction of sp³-hybridized carbons (Fsp3) is 0.478. The summed E-state index contributed by atoms with van der Waals surface area (Å²) in [4.78, 5) is 2.24. The molecule has 4 rings (SSSR count). The number of likely N-dealkylation sites (tertiary alicyclic amines) is 1. The normalized spacial score (nSPS) is 22.2. The van der Waals surface area contributed by atoms with E-state index in [-0.39, 0.29) is 5.60 Å². The molecule has 0 unspecified atom stereocenters. The molecule has 0 saturated carbocycles. The molecular formula is C23H27Cl2NO3. The van der Waals surface area contributed by atoms with Crippen molar-refractivity contribution < 1.29 is 14.9 Å². The Hall–Kier alpha value is -1.30. The van der Waals surface area contributed by atoms with Crippen molar-refractivity contribution in [1.82, 2.24) is 4.90 Å². The van der Waals surface area contributed by atoms with Crippen LogP contribution in [0.25, 0.3) is 0 Å². The van der Waals surface area contributed by atoms with E-state index in [0.29, 0.717) is 23.0 Å². The van der Waals surface area contributed by atoms with Gasteiger partial charge >= 0.3 is 0 Å². The van der Waals surface area contributed by atoms with E-state index in [1.807, 2.05) is 12.1 Å². The summed E-state index contributed by atoms with van der Waals surface area (Å²) in [5, 5.41) is 22.3. The van der Waals surface area contributed by atoms with E-state index in [4.69, 9.17) is 27.9 Å². The Kier molecular flexibility index (Phi) is 5.84.